The van der Waals surface area contributed by atoms with Crippen molar-refractivity contribution in [2.75, 3.05) is 18.6 Å². The maximum absolute atomic E-state index is 14.7. The van der Waals surface area contributed by atoms with Gasteiger partial charge in [-0.05, 0) is 97.5 Å². The number of hydrogen-bond acceptors (Lipinski definition) is 12. The second kappa shape index (κ2) is 27.6. The number of para-hydroxylation sites is 2. The zero-order valence-electron chi connectivity index (χ0n) is 42.2. The number of fused-ring (bicyclic) bond motifs is 2. The van der Waals surface area contributed by atoms with Crippen LogP contribution in [0.2, 0.25) is 0 Å². The normalized spacial score (nSPS) is 14.2. The number of aliphatic carboxylic acids is 1. The van der Waals surface area contributed by atoms with Crippen molar-refractivity contribution in [1.29, 1.82) is 0 Å². The number of aromatic nitrogens is 4. The summed E-state index contributed by atoms with van der Waals surface area (Å²) in [6.07, 6.45) is 9.36. The van der Waals surface area contributed by atoms with E-state index in [0.717, 1.165) is 21.8 Å². The lowest BCUT2D eigenvalue weighted by atomic mass is 9.99. The summed E-state index contributed by atoms with van der Waals surface area (Å²) in [6.45, 7) is 3.74. The van der Waals surface area contributed by atoms with E-state index >= 15 is 0 Å². The molecule has 7 atom stereocenters. The first-order chi connectivity index (χ1) is 36.0. The minimum absolute atomic E-state index is 0.0172. The third kappa shape index (κ3) is 16.2. The highest BCUT2D eigenvalue weighted by molar-refractivity contribution is 7.98. The minimum Gasteiger partial charge on any atom is -0.508 e. The van der Waals surface area contributed by atoms with Crippen LogP contribution < -0.4 is 43.4 Å². The lowest BCUT2D eigenvalue weighted by Gasteiger charge is -2.28. The van der Waals surface area contributed by atoms with Crippen molar-refractivity contribution in [1.82, 2.24) is 51.8 Å². The predicted molar refractivity (Wildman–Crippen MR) is 286 cm³/mol. The molecule has 15 N–H and O–H groups in total. The van der Waals surface area contributed by atoms with Gasteiger partial charge < -0.3 is 68.5 Å². The molecular weight excluding hydrogens is 981 g/mol. The van der Waals surface area contributed by atoms with Crippen LogP contribution in [0.1, 0.15) is 61.9 Å². The first kappa shape index (κ1) is 56.6. The Hall–Kier alpha value is -7.69. The molecule has 0 radical (unpaired) electrons. The monoisotopic (exact) mass is 1050 g/mol. The Kier molecular flexibility index (Phi) is 20.8. The van der Waals surface area contributed by atoms with Crippen molar-refractivity contribution < 1.29 is 43.8 Å². The van der Waals surface area contributed by atoms with Crippen molar-refractivity contribution in [2.45, 2.75) is 108 Å². The summed E-state index contributed by atoms with van der Waals surface area (Å²) >= 11 is 1.43. The number of H-pyrrole nitrogens is 3. The zero-order chi connectivity index (χ0) is 54.0. The van der Waals surface area contributed by atoms with E-state index in [1.165, 1.54) is 36.4 Å². The van der Waals surface area contributed by atoms with E-state index in [0.29, 0.717) is 47.5 Å². The van der Waals surface area contributed by atoms with Gasteiger partial charge in [0.15, 0.2) is 0 Å². The van der Waals surface area contributed by atoms with Gasteiger partial charge in [0, 0.05) is 65.4 Å². The Bertz CT molecular complexity index is 2870. The van der Waals surface area contributed by atoms with Crippen molar-refractivity contribution in [3.8, 4) is 5.75 Å². The molecule has 21 nitrogen and oxygen atoms in total. The van der Waals surface area contributed by atoms with E-state index in [4.69, 9.17) is 11.5 Å². The summed E-state index contributed by atoms with van der Waals surface area (Å²) in [6, 6.07) is 12.4. The Morgan fingerprint density at radius 3 is 1.67 bits per heavy atom. The molecule has 0 spiro atoms. The number of imidazole rings is 1. The van der Waals surface area contributed by atoms with Crippen LogP contribution in [-0.2, 0) is 59.2 Å². The second-order valence-electron chi connectivity index (χ2n) is 18.8. The molecule has 0 unspecified atom stereocenters. The summed E-state index contributed by atoms with van der Waals surface area (Å²) in [4.78, 5) is 111. The Morgan fingerprint density at radius 1 is 0.613 bits per heavy atom. The maximum atomic E-state index is 14.7. The molecule has 3 aromatic carbocycles. The lowest BCUT2D eigenvalue weighted by molar-refractivity contribution is -0.143. The van der Waals surface area contributed by atoms with Crippen LogP contribution in [0, 0.1) is 5.92 Å². The van der Waals surface area contributed by atoms with Gasteiger partial charge in [0.1, 0.15) is 42.0 Å². The maximum Gasteiger partial charge on any atom is 0.326 e. The zero-order valence-corrected chi connectivity index (χ0v) is 43.0. The van der Waals surface area contributed by atoms with Crippen LogP contribution in [0.15, 0.2) is 97.7 Å². The highest BCUT2D eigenvalue weighted by atomic mass is 32.2. The van der Waals surface area contributed by atoms with E-state index in [2.05, 4.69) is 51.8 Å². The third-order valence-corrected chi connectivity index (χ3v) is 13.5. The van der Waals surface area contributed by atoms with Crippen LogP contribution in [0.25, 0.3) is 21.8 Å². The number of rotatable bonds is 29. The molecule has 75 heavy (non-hydrogen) atoms. The number of aromatic hydroxyl groups is 1. The number of carboxylic acid groups (broad SMARTS) is 1. The highest BCUT2D eigenvalue weighted by Gasteiger charge is 2.35. The van der Waals surface area contributed by atoms with Gasteiger partial charge in [-0.1, -0.05) is 62.4 Å². The van der Waals surface area contributed by atoms with Crippen molar-refractivity contribution in [3.63, 3.8) is 0 Å². The molecule has 3 aromatic heterocycles. The molecule has 0 saturated heterocycles. The van der Waals surface area contributed by atoms with Gasteiger partial charge in [0.25, 0.3) is 0 Å². The molecule has 0 saturated carbocycles. The first-order valence-electron chi connectivity index (χ1n) is 24.9. The Labute approximate surface area is 438 Å². The molecule has 0 aliphatic heterocycles. The number of aromatic amines is 3. The van der Waals surface area contributed by atoms with Crippen LogP contribution in [0.3, 0.4) is 0 Å². The lowest BCUT2D eigenvalue weighted by Crippen LogP contribution is -2.61. The topological polar surface area (TPSA) is 344 Å². The number of thioether (sulfide) groups is 1. The molecule has 0 aliphatic rings. The van der Waals surface area contributed by atoms with Gasteiger partial charge in [0.05, 0.1) is 12.4 Å². The molecule has 400 valence electrons. The summed E-state index contributed by atoms with van der Waals surface area (Å²) < 4.78 is 0. The van der Waals surface area contributed by atoms with Crippen LogP contribution in [0.4, 0.5) is 0 Å². The van der Waals surface area contributed by atoms with Crippen LogP contribution >= 0.6 is 11.8 Å². The first-order valence-corrected chi connectivity index (χ1v) is 26.3. The summed E-state index contributed by atoms with van der Waals surface area (Å²) in [7, 11) is 0. The average molecular weight is 1050 g/mol. The number of hydrogen-bond donors (Lipinski definition) is 13. The minimum atomic E-state index is -1.36. The van der Waals surface area contributed by atoms with Gasteiger partial charge in [-0.2, -0.15) is 11.8 Å². The molecule has 6 aromatic rings. The number of unbranched alkanes of at least 4 members (excludes halogenated alkanes) is 1. The van der Waals surface area contributed by atoms with Gasteiger partial charge in [-0.25, -0.2) is 9.78 Å². The molecule has 6 rings (SSSR count). The van der Waals surface area contributed by atoms with E-state index in [9.17, 15) is 43.8 Å². The SMILES string of the molecule is CSCC[C@H](NC(=O)[C@H](Cc1c[nH]c2ccccc12)NC(=O)[C@@H](N)Cc1ccc(O)cc1)C(=O)N[C@@H](Cc1cnc[nH]1)C(=O)N[C@@H](Cc1c[nH]c2ccccc12)C(=O)N[C@H](C(=O)N[C@@H](CCCCN)C(=O)O)C(C)C. The van der Waals surface area contributed by atoms with E-state index < -0.39 is 89.6 Å². The molecule has 0 fully saturated rings. The summed E-state index contributed by atoms with van der Waals surface area (Å²) in [5, 5.41) is 37.9. The van der Waals surface area contributed by atoms with Gasteiger partial charge in [0.2, 0.25) is 35.4 Å². The fourth-order valence-electron chi connectivity index (χ4n) is 8.66. The van der Waals surface area contributed by atoms with E-state index in [-0.39, 0.29) is 44.3 Å². The predicted octanol–water partition coefficient (Wildman–Crippen LogP) is 2.21. The summed E-state index contributed by atoms with van der Waals surface area (Å²) in [5.74, 6) is -5.59. The standard InChI is InChI=1S/C53H68N12O9S/c1-30(2)46(52(72)61-42(53(73)74)14-8-9-20-54)65-51(71)44(24-33-27-58-40-13-7-5-11-37(33)40)63-50(70)45(25-34-28-56-29-59-34)64-48(68)41(19-21-75-3)60-49(69)43(23-32-26-57-39-12-6-4-10-36(32)39)62-47(67)38(55)22-31-15-17-35(66)18-16-31/h4-7,10-13,15-18,26-30,38,41-46,57-58,66H,8-9,14,19-25,54-55H2,1-3H3,(H,56,59)(H,60,69)(H,61,72)(H,62,67)(H,63,70)(H,64,68)(H,65,71)(H,73,74)/t38-,41-,42-,43-,44-,45-,46-/m0/s1. The fourth-order valence-corrected chi connectivity index (χ4v) is 9.14. The van der Waals surface area contributed by atoms with Crippen LogP contribution in [-0.4, -0.2) is 132 Å². The second-order valence-corrected chi connectivity index (χ2v) is 19.8. The Balaban J connectivity index is 1.25. The van der Waals surface area contributed by atoms with Crippen molar-refractivity contribution >= 4 is 75.0 Å². The number of benzene rings is 3. The van der Waals surface area contributed by atoms with Gasteiger partial charge >= 0.3 is 5.97 Å². The summed E-state index contributed by atoms with van der Waals surface area (Å²) in [5.41, 5.74) is 16.1. The third-order valence-electron chi connectivity index (χ3n) is 12.9. The number of amides is 6. The van der Waals surface area contributed by atoms with Crippen molar-refractivity contribution in [3.05, 3.63) is 120 Å². The number of carbonyl (C=O) groups is 7. The fraction of sp³-hybridized carbons (Fsp3) is 0.396. The van der Waals surface area contributed by atoms with Gasteiger partial charge in [-0.3, -0.25) is 28.8 Å². The number of nitrogens with two attached hydrogens (primary N) is 2. The number of nitrogens with zero attached hydrogens (tertiary/aromatic N) is 1. The van der Waals surface area contributed by atoms with E-state index in [1.807, 2.05) is 54.8 Å². The van der Waals surface area contributed by atoms with Crippen molar-refractivity contribution in [2.24, 2.45) is 17.4 Å². The number of phenolic OH excluding ortho intramolecular Hbond substituents is 1. The number of carboxylic acids is 1. The van der Waals surface area contributed by atoms with Crippen LogP contribution in [0.5, 0.6) is 5.75 Å². The molecular formula is C53H68N12O9S. The molecule has 0 aliphatic carbocycles. The number of nitrogens with one attached hydrogen (secondary N) is 9. The highest BCUT2D eigenvalue weighted by Crippen LogP contribution is 2.22. The molecule has 22 heteroatoms. The molecule has 0 bridgehead atoms. The molecule has 6 amide bonds. The Morgan fingerprint density at radius 2 is 1.13 bits per heavy atom. The smallest absolute Gasteiger partial charge is 0.326 e. The molecule has 3 heterocycles. The average Bonchev–Trinajstić information content (AvgIpc) is 4.17. The quantitative estimate of drug-likeness (QED) is 0.0300. The largest absolute Gasteiger partial charge is 0.508 e. The number of carbonyl (C=O) groups excluding carboxylic acids is 6. The number of phenols is 1. The van der Waals surface area contributed by atoms with Gasteiger partial charge in [-0.15, -0.1) is 0 Å². The van der Waals surface area contributed by atoms with E-state index in [1.54, 1.807) is 38.4 Å².